The van der Waals surface area contributed by atoms with E-state index in [1.165, 1.54) is 17.4 Å². The van der Waals surface area contributed by atoms with Crippen molar-refractivity contribution < 1.29 is 13.9 Å². The quantitative estimate of drug-likeness (QED) is 0.669. The molecular weight excluding hydrogens is 369 g/mol. The third-order valence-corrected chi connectivity index (χ3v) is 5.63. The monoisotopic (exact) mass is 389 g/mol. The number of rotatable bonds is 5. The molecule has 1 saturated heterocycles. The molecule has 1 fully saturated rings. The van der Waals surface area contributed by atoms with E-state index in [4.69, 9.17) is 4.74 Å². The standard InChI is InChI=1S/C18H20FN5O2S/c1-22-6-5-20-16(22)17(25)24(8-7-23-9-11-26-12-10-23)18-21-15-13(19)3-2-4-14(15)27-18/h2-6H,7-12H2,1H3. The van der Waals surface area contributed by atoms with Crippen LogP contribution in [0.5, 0.6) is 0 Å². The number of imidazole rings is 1. The summed E-state index contributed by atoms with van der Waals surface area (Å²) in [5.41, 5.74) is 0.293. The van der Waals surface area contributed by atoms with Crippen molar-refractivity contribution in [2.45, 2.75) is 0 Å². The van der Waals surface area contributed by atoms with Crippen molar-refractivity contribution in [1.82, 2.24) is 19.4 Å². The van der Waals surface area contributed by atoms with Gasteiger partial charge in [-0.15, -0.1) is 0 Å². The van der Waals surface area contributed by atoms with Gasteiger partial charge in [-0.25, -0.2) is 14.4 Å². The molecule has 0 atom stereocenters. The van der Waals surface area contributed by atoms with Crippen molar-refractivity contribution in [1.29, 1.82) is 0 Å². The number of ether oxygens (including phenoxy) is 1. The summed E-state index contributed by atoms with van der Waals surface area (Å²) in [6.07, 6.45) is 3.32. The van der Waals surface area contributed by atoms with Crippen LogP contribution in [0.15, 0.2) is 30.6 Å². The molecule has 1 aromatic carbocycles. The summed E-state index contributed by atoms with van der Waals surface area (Å²) >= 11 is 1.31. The van der Waals surface area contributed by atoms with Crippen molar-refractivity contribution >= 4 is 32.6 Å². The Hall–Kier alpha value is -2.36. The van der Waals surface area contributed by atoms with Crippen LogP contribution >= 0.6 is 11.3 Å². The van der Waals surface area contributed by atoms with E-state index >= 15 is 0 Å². The van der Waals surface area contributed by atoms with Gasteiger partial charge >= 0.3 is 0 Å². The highest BCUT2D eigenvalue weighted by molar-refractivity contribution is 7.22. The van der Waals surface area contributed by atoms with Crippen LogP contribution in [0.25, 0.3) is 10.2 Å². The molecule has 3 heterocycles. The van der Waals surface area contributed by atoms with Gasteiger partial charge in [0.2, 0.25) is 0 Å². The molecule has 1 amide bonds. The molecule has 1 aliphatic heterocycles. The minimum Gasteiger partial charge on any atom is -0.379 e. The highest BCUT2D eigenvalue weighted by atomic mass is 32.1. The van der Waals surface area contributed by atoms with Crippen molar-refractivity contribution in [3.63, 3.8) is 0 Å². The molecule has 142 valence electrons. The molecule has 0 radical (unpaired) electrons. The van der Waals surface area contributed by atoms with E-state index in [0.29, 0.717) is 47.5 Å². The number of thiazole rings is 1. The lowest BCUT2D eigenvalue weighted by Gasteiger charge is -2.29. The Bertz CT molecular complexity index is 950. The van der Waals surface area contributed by atoms with Crippen molar-refractivity contribution in [3.8, 4) is 0 Å². The Morgan fingerprint density at radius 2 is 2.19 bits per heavy atom. The van der Waals surface area contributed by atoms with Gasteiger partial charge in [0, 0.05) is 45.6 Å². The number of hydrogen-bond acceptors (Lipinski definition) is 6. The van der Waals surface area contributed by atoms with E-state index in [0.717, 1.165) is 13.1 Å². The second kappa shape index (κ2) is 7.71. The fourth-order valence-corrected chi connectivity index (χ4v) is 4.07. The van der Waals surface area contributed by atoms with Crippen molar-refractivity contribution in [2.24, 2.45) is 7.05 Å². The first-order chi connectivity index (χ1) is 13.1. The topological polar surface area (TPSA) is 63.5 Å². The first-order valence-corrected chi connectivity index (χ1v) is 9.59. The predicted octanol–water partition coefficient (Wildman–Crippen LogP) is 2.15. The average molecular weight is 389 g/mol. The van der Waals surface area contributed by atoms with E-state index in [1.54, 1.807) is 35.0 Å². The van der Waals surface area contributed by atoms with E-state index in [1.807, 2.05) is 6.07 Å². The Morgan fingerprint density at radius 3 is 2.89 bits per heavy atom. The molecular formula is C18H20FN5O2S. The molecule has 0 saturated carbocycles. The molecule has 7 nitrogen and oxygen atoms in total. The van der Waals surface area contributed by atoms with Crippen molar-refractivity contribution in [2.75, 3.05) is 44.3 Å². The number of carbonyl (C=O) groups excluding carboxylic acids is 1. The van der Waals surface area contributed by atoms with Gasteiger partial charge in [0.25, 0.3) is 5.91 Å². The maximum absolute atomic E-state index is 14.1. The van der Waals surface area contributed by atoms with Gasteiger partial charge in [0.1, 0.15) is 11.3 Å². The Kier molecular flexibility index (Phi) is 5.15. The van der Waals surface area contributed by atoms with Crippen LogP contribution in [0.2, 0.25) is 0 Å². The summed E-state index contributed by atoms with van der Waals surface area (Å²) < 4.78 is 21.9. The third-order valence-electron chi connectivity index (χ3n) is 4.59. The molecule has 4 rings (SSSR count). The molecule has 27 heavy (non-hydrogen) atoms. The minimum atomic E-state index is -0.382. The molecule has 1 aliphatic rings. The number of aromatic nitrogens is 3. The highest BCUT2D eigenvalue weighted by Crippen LogP contribution is 2.31. The normalized spacial score (nSPS) is 15.3. The maximum Gasteiger partial charge on any atom is 0.296 e. The minimum absolute atomic E-state index is 0.241. The second-order valence-electron chi connectivity index (χ2n) is 6.36. The first kappa shape index (κ1) is 18.0. The fraction of sp³-hybridized carbons (Fsp3) is 0.389. The number of carbonyl (C=O) groups is 1. The van der Waals surface area contributed by atoms with Gasteiger partial charge in [-0.3, -0.25) is 14.6 Å². The number of nitrogens with zero attached hydrogens (tertiary/aromatic N) is 5. The molecule has 0 bridgehead atoms. The maximum atomic E-state index is 14.1. The zero-order valence-electron chi connectivity index (χ0n) is 15.0. The highest BCUT2D eigenvalue weighted by Gasteiger charge is 2.25. The molecule has 0 unspecified atom stereocenters. The lowest BCUT2D eigenvalue weighted by Crippen LogP contribution is -2.43. The van der Waals surface area contributed by atoms with Crippen molar-refractivity contribution in [3.05, 3.63) is 42.2 Å². The largest absolute Gasteiger partial charge is 0.379 e. The number of fused-ring (bicyclic) bond motifs is 1. The molecule has 2 aromatic heterocycles. The lowest BCUT2D eigenvalue weighted by molar-refractivity contribution is 0.0390. The summed E-state index contributed by atoms with van der Waals surface area (Å²) in [7, 11) is 1.78. The summed E-state index contributed by atoms with van der Waals surface area (Å²) in [6.45, 7) is 4.20. The van der Waals surface area contributed by atoms with Gasteiger partial charge in [-0.1, -0.05) is 17.4 Å². The van der Waals surface area contributed by atoms with E-state index < -0.39 is 0 Å². The number of morpholine rings is 1. The number of anilines is 1. The van der Waals surface area contributed by atoms with Crippen LogP contribution in [-0.4, -0.2) is 64.7 Å². The van der Waals surface area contributed by atoms with E-state index in [-0.39, 0.29) is 11.7 Å². The molecule has 0 spiro atoms. The SMILES string of the molecule is Cn1ccnc1C(=O)N(CCN1CCOCC1)c1nc2c(F)cccc2s1. The van der Waals surface area contributed by atoms with Gasteiger partial charge in [-0.05, 0) is 12.1 Å². The van der Waals surface area contributed by atoms with E-state index in [2.05, 4.69) is 14.9 Å². The Morgan fingerprint density at radius 1 is 1.37 bits per heavy atom. The van der Waals surface area contributed by atoms with Gasteiger partial charge in [0.15, 0.2) is 11.0 Å². The van der Waals surface area contributed by atoms with Crippen LogP contribution in [0.3, 0.4) is 0 Å². The number of amides is 1. The molecule has 0 aliphatic carbocycles. The number of halogens is 1. The van der Waals surface area contributed by atoms with Gasteiger partial charge in [0.05, 0.1) is 17.9 Å². The number of benzene rings is 1. The first-order valence-electron chi connectivity index (χ1n) is 8.78. The zero-order valence-corrected chi connectivity index (χ0v) is 15.8. The number of aryl methyl sites for hydroxylation is 1. The van der Waals surface area contributed by atoms with Crippen LogP contribution in [0, 0.1) is 5.82 Å². The lowest BCUT2D eigenvalue weighted by atomic mass is 10.3. The summed E-state index contributed by atoms with van der Waals surface area (Å²) in [4.78, 5) is 25.6. The van der Waals surface area contributed by atoms with Gasteiger partial charge < -0.3 is 9.30 Å². The second-order valence-corrected chi connectivity index (χ2v) is 7.36. The van der Waals surface area contributed by atoms with Crippen LogP contribution in [-0.2, 0) is 11.8 Å². The smallest absolute Gasteiger partial charge is 0.296 e. The summed E-state index contributed by atoms with van der Waals surface area (Å²) in [5, 5.41) is 0.483. The summed E-state index contributed by atoms with van der Waals surface area (Å²) in [5.74, 6) is -0.292. The summed E-state index contributed by atoms with van der Waals surface area (Å²) in [6, 6.07) is 4.84. The Labute approximate surface area is 160 Å². The van der Waals surface area contributed by atoms with E-state index in [9.17, 15) is 9.18 Å². The molecule has 9 heteroatoms. The molecule has 3 aromatic rings. The fourth-order valence-electron chi connectivity index (χ4n) is 3.06. The van der Waals surface area contributed by atoms with Gasteiger partial charge in [-0.2, -0.15) is 0 Å². The average Bonchev–Trinajstić information content (AvgIpc) is 3.29. The van der Waals surface area contributed by atoms with Crippen LogP contribution in [0.4, 0.5) is 9.52 Å². The zero-order chi connectivity index (χ0) is 18.8. The van der Waals surface area contributed by atoms with Crippen LogP contribution in [0.1, 0.15) is 10.6 Å². The number of para-hydroxylation sites is 1. The molecule has 0 N–H and O–H groups in total. The van der Waals surface area contributed by atoms with Crippen LogP contribution < -0.4 is 4.90 Å². The Balaban J connectivity index is 1.64. The third kappa shape index (κ3) is 3.71. The number of hydrogen-bond donors (Lipinski definition) is 0. The predicted molar refractivity (Wildman–Crippen MR) is 102 cm³/mol.